The van der Waals surface area contributed by atoms with Crippen molar-refractivity contribution in [1.29, 1.82) is 0 Å². The summed E-state index contributed by atoms with van der Waals surface area (Å²) in [5.74, 6) is 1.04. The van der Waals surface area contributed by atoms with E-state index in [1.165, 1.54) is 17.0 Å². The van der Waals surface area contributed by atoms with E-state index in [4.69, 9.17) is 21.9 Å². The zero-order valence-electron chi connectivity index (χ0n) is 47.7. The number of ether oxygens (including phenoxy) is 2. The number of rotatable bonds is 11. The number of cyclic esters (lactones) is 1. The van der Waals surface area contributed by atoms with E-state index < -0.39 is 75.4 Å². The number of benzene rings is 1. The molecule has 416 valence electrons. The molecule has 5 atom stereocenters. The van der Waals surface area contributed by atoms with Gasteiger partial charge in [0.15, 0.2) is 0 Å². The van der Waals surface area contributed by atoms with Gasteiger partial charge in [-0.25, -0.2) is 0 Å². The number of piperidine rings is 2. The van der Waals surface area contributed by atoms with Crippen molar-refractivity contribution in [3.8, 4) is 23.1 Å². The quantitative estimate of drug-likeness (QED) is 0.106. The fourth-order valence-electron chi connectivity index (χ4n) is 11.5. The molecule has 0 aliphatic carbocycles. The van der Waals surface area contributed by atoms with Gasteiger partial charge < -0.3 is 9.64 Å². The molecule has 19 heteroatoms. The minimum atomic E-state index is -2.36. The zero-order chi connectivity index (χ0) is 57.1. The van der Waals surface area contributed by atoms with E-state index in [1.807, 2.05) is 38.9 Å². The molecule has 78 heavy (non-hydrogen) atoms. The van der Waals surface area contributed by atoms with Crippen LogP contribution in [0.15, 0.2) is 54.9 Å². The molecular weight excluding hydrogens is 1000 g/mol. The van der Waals surface area contributed by atoms with Gasteiger partial charge in [-0.1, -0.05) is 12.5 Å². The Balaban J connectivity index is 1.24. The van der Waals surface area contributed by atoms with Crippen molar-refractivity contribution < 1.29 is 37.8 Å². The fourth-order valence-corrected chi connectivity index (χ4v) is 12.0. The van der Waals surface area contributed by atoms with E-state index in [2.05, 4.69) is 99.6 Å². The Bertz CT molecular complexity index is 2900. The maximum absolute atomic E-state index is 16.9. The normalized spacial score (nSPS) is 22.7. The molecule has 1 aromatic carbocycles. The van der Waals surface area contributed by atoms with Crippen LogP contribution in [0.4, 0.5) is 10.1 Å². The number of aromatic nitrogens is 2. The molecule has 6 bridgehead atoms. The Morgan fingerprint density at radius 1 is 1.10 bits per heavy atom. The first-order valence-corrected chi connectivity index (χ1v) is 27.9. The Morgan fingerprint density at radius 3 is 2.46 bits per heavy atom. The maximum atomic E-state index is 16.9. The fraction of sp³-hybridized carbons (Fsp3) is 0.593. The average molecular weight is 1080 g/mol. The Hall–Kier alpha value is -6.06. The molecule has 3 aromatic rings. The van der Waals surface area contributed by atoms with Crippen molar-refractivity contribution >= 4 is 69.5 Å². The van der Waals surface area contributed by atoms with Crippen LogP contribution < -0.4 is 15.6 Å². The van der Waals surface area contributed by atoms with Gasteiger partial charge in [0, 0.05) is 26.4 Å². The third kappa shape index (κ3) is 12.7. The first-order chi connectivity index (χ1) is 36.8. The number of halogens is 1. The Kier molecular flexibility index (Phi) is 18.4. The summed E-state index contributed by atoms with van der Waals surface area (Å²) in [6.07, 6.45) is 5.30. The topological polar surface area (TPSA) is 162 Å². The number of carbonyl (C=O) groups excluding carboxylic acids is 5. The number of esters is 1. The van der Waals surface area contributed by atoms with Crippen LogP contribution in [0, 0.1) is 35.0 Å². The van der Waals surface area contributed by atoms with Crippen LogP contribution in [0.3, 0.4) is 0 Å². The Labute approximate surface area is 465 Å². The van der Waals surface area contributed by atoms with Gasteiger partial charge in [-0.15, -0.1) is 5.73 Å². The zero-order valence-corrected chi connectivity index (χ0v) is 48.7. The van der Waals surface area contributed by atoms with Crippen LogP contribution in [0.2, 0.25) is 0 Å². The molecule has 3 saturated heterocycles. The van der Waals surface area contributed by atoms with E-state index in [0.29, 0.717) is 38.0 Å². The summed E-state index contributed by atoms with van der Waals surface area (Å²) >= 11 is 0. The first kappa shape index (κ1) is 59.6. The summed E-state index contributed by atoms with van der Waals surface area (Å²) in [5, 5.41) is 3.65. The van der Waals surface area contributed by atoms with Crippen LogP contribution in [0.1, 0.15) is 111 Å². The number of nitrogens with one attached hydrogen (secondary N) is 2. The van der Waals surface area contributed by atoms with Crippen molar-refractivity contribution in [2.24, 2.45) is 23.2 Å². The SMILES string of the molecule is [B]=C1NN2CCC[C@H]1C(=O)OCC(C)(C)Cc1c(-c3cccnc3[C@H](C=C=C)OC)n(CC)c3ccc(cc13)N1CCC[C@H](C1)CC([Si])(NC(=O)[C@H](C(C)C)N(C)C(=O)C1(F)CCN(C(=O)C#CC(C)(C)N(C)C)CC1)C2=O. The van der Waals surface area contributed by atoms with E-state index in [0.717, 1.165) is 57.7 Å². The van der Waals surface area contributed by atoms with Gasteiger partial charge in [-0.05, 0) is 39.9 Å². The van der Waals surface area contributed by atoms with Gasteiger partial charge in [0.2, 0.25) is 0 Å². The Morgan fingerprint density at radius 2 is 1.81 bits per heavy atom. The molecule has 2 aromatic heterocycles. The number of pyridine rings is 1. The van der Waals surface area contributed by atoms with Gasteiger partial charge in [0.05, 0.1) is 5.54 Å². The third-order valence-electron chi connectivity index (χ3n) is 16.3. The van der Waals surface area contributed by atoms with Crippen molar-refractivity contribution in [3.63, 3.8) is 0 Å². The van der Waals surface area contributed by atoms with E-state index in [9.17, 15) is 19.2 Å². The summed E-state index contributed by atoms with van der Waals surface area (Å²) in [4.78, 5) is 83.5. The van der Waals surface area contributed by atoms with Gasteiger partial charge in [-0.3, -0.25) is 9.69 Å². The van der Waals surface area contributed by atoms with Gasteiger partial charge in [-0.2, -0.15) is 0 Å². The molecule has 16 nitrogen and oxygen atoms in total. The molecule has 3 fully saturated rings. The number of aryl methyl sites for hydroxylation is 1. The second kappa shape index (κ2) is 24.1. The molecule has 0 saturated carbocycles. The number of amides is 4. The van der Waals surface area contributed by atoms with E-state index in [1.54, 1.807) is 33.2 Å². The number of alkyl halides is 1. The van der Waals surface area contributed by atoms with E-state index >= 15 is 9.18 Å². The number of hydrazine groups is 1. The van der Waals surface area contributed by atoms with Crippen molar-refractivity contribution in [2.45, 2.75) is 135 Å². The van der Waals surface area contributed by atoms with Gasteiger partial charge >= 0.3 is 352 Å². The number of carbonyl (C=O) groups is 5. The van der Waals surface area contributed by atoms with Gasteiger partial charge in [0.25, 0.3) is 5.91 Å². The number of hydrogen-bond donors (Lipinski definition) is 2. The molecule has 4 amide bonds. The van der Waals surface area contributed by atoms with Crippen LogP contribution in [0.5, 0.6) is 0 Å². The summed E-state index contributed by atoms with van der Waals surface area (Å²) in [5.41, 5.74) is 8.11. The monoisotopic (exact) mass is 1080 g/mol. The number of likely N-dealkylation sites (tertiary alicyclic amines) is 1. The molecule has 4 aliphatic rings. The minimum absolute atomic E-state index is 0.0291. The number of hydrogen-bond acceptors (Lipinski definition) is 11. The summed E-state index contributed by atoms with van der Waals surface area (Å²) < 4.78 is 31.3. The average Bonchev–Trinajstić information content (AvgIpc) is 3.70. The number of anilines is 1. The van der Waals surface area contributed by atoms with Crippen LogP contribution in [0.25, 0.3) is 22.2 Å². The van der Waals surface area contributed by atoms with Crippen molar-refractivity contribution in [3.05, 3.63) is 66.2 Å². The molecule has 6 heterocycles. The van der Waals surface area contributed by atoms with Crippen LogP contribution >= 0.6 is 0 Å². The van der Waals surface area contributed by atoms with Crippen molar-refractivity contribution in [2.75, 3.05) is 72.5 Å². The predicted octanol–water partition coefficient (Wildman–Crippen LogP) is 5.66. The van der Waals surface area contributed by atoms with Crippen LogP contribution in [-0.4, -0.2) is 172 Å². The van der Waals surface area contributed by atoms with Crippen LogP contribution in [-0.2, 0) is 46.4 Å². The predicted molar refractivity (Wildman–Crippen MR) is 304 cm³/mol. The number of fused-ring (bicyclic) bond motifs is 7. The number of methoxy groups -OCH3 is 1. The van der Waals surface area contributed by atoms with E-state index in [-0.39, 0.29) is 57.0 Å². The second-order valence-electron chi connectivity index (χ2n) is 23.5. The molecule has 1 unspecified atom stereocenters. The number of likely N-dealkylation sites (N-methyl/N-ethyl adjacent to an activating group) is 1. The molecule has 4 aliphatic heterocycles. The molecule has 7 rings (SSSR count). The first-order valence-electron chi connectivity index (χ1n) is 27.4. The summed E-state index contributed by atoms with van der Waals surface area (Å²) in [6.45, 7) is 19.5. The summed E-state index contributed by atoms with van der Waals surface area (Å²) in [6, 6.07) is 9.30. The number of nitrogens with zero attached hydrogens (tertiary/aromatic N) is 7. The second-order valence-corrected chi connectivity index (χ2v) is 24.4. The molecule has 0 spiro atoms. The van der Waals surface area contributed by atoms with Gasteiger partial charge in [0.1, 0.15) is 0 Å². The summed E-state index contributed by atoms with van der Waals surface area (Å²) in [7, 11) is 17.4. The molecule has 2 N–H and O–H groups in total. The molecular formula is C59H79BFN9O7Si. The molecule has 4 radical (unpaired) electrons. The third-order valence-corrected chi connectivity index (χ3v) is 16.8. The standard InChI is InChI=1S/C59H79BFN9O7Si/c1-13-18-46(76-12)48-41(20-15-28-62-48)50-44-35-56(5,6)37-77-53(73)42-21-17-30-70(64-51(42)60)55(75)59(78,34-39-19-16-29-68(36-39)40-22-23-45(43(44)33-40)69(50)14-2)63-52(72)49(38(3)4)66(11)54(74)58(61)26-31-67(32-27-58)47(71)24-25-57(7,8)65(9)10/h15,18,20,22-23,28,33,38-39,42,46,49,64H,1,14,16-17,19,21,26-27,29-32,34-37H2,2-12H3,(H,63,72)/t39-,42+,46-,49-,59?/m0/s1. The van der Waals surface area contributed by atoms with Crippen molar-refractivity contribution in [1.82, 2.24) is 40.0 Å².